The van der Waals surface area contributed by atoms with Gasteiger partial charge in [0.2, 0.25) is 5.16 Å². The van der Waals surface area contributed by atoms with Crippen LogP contribution in [0.3, 0.4) is 0 Å². The summed E-state index contributed by atoms with van der Waals surface area (Å²) in [5, 5.41) is 9.01. The van der Waals surface area contributed by atoms with Crippen LogP contribution in [-0.4, -0.2) is 22.0 Å². The lowest BCUT2D eigenvalue weighted by Crippen LogP contribution is -2.11. The van der Waals surface area contributed by atoms with Crippen molar-refractivity contribution in [2.45, 2.75) is 10.9 Å². The zero-order valence-corrected chi connectivity index (χ0v) is 14.3. The van der Waals surface area contributed by atoms with E-state index in [9.17, 15) is 4.39 Å². The van der Waals surface area contributed by atoms with E-state index in [1.807, 2.05) is 24.3 Å². The molecule has 1 heterocycles. The molecule has 2 N–H and O–H groups in total. The molecule has 5 nitrogen and oxygen atoms in total. The first-order valence-electron chi connectivity index (χ1n) is 7.00. The molecule has 0 aliphatic carbocycles. The van der Waals surface area contributed by atoms with Crippen LogP contribution < -0.4 is 10.6 Å². The van der Waals surface area contributed by atoms with E-state index in [0.29, 0.717) is 27.3 Å². The van der Waals surface area contributed by atoms with Crippen LogP contribution in [0.25, 0.3) is 11.4 Å². The first kappa shape index (κ1) is 16.6. The quantitative estimate of drug-likeness (QED) is 0.551. The van der Waals surface area contributed by atoms with Gasteiger partial charge in [-0.2, -0.15) is 0 Å². The number of halogens is 2. The summed E-state index contributed by atoms with van der Waals surface area (Å²) < 4.78 is 20.3. The normalized spacial score (nSPS) is 10.8. The standard InChI is InChI=1S/C16H14ClFN4OS/c1-23-11-7-5-10(6-8-11)15-20-21-16(22(15)19)24-9-12-13(17)3-2-4-14(12)18/h2-8H,9,19H2,1H3. The molecule has 0 radical (unpaired) electrons. The van der Waals surface area contributed by atoms with Crippen molar-refractivity contribution in [1.82, 2.24) is 14.9 Å². The summed E-state index contributed by atoms with van der Waals surface area (Å²) in [5.74, 6) is 7.27. The zero-order chi connectivity index (χ0) is 17.1. The van der Waals surface area contributed by atoms with Gasteiger partial charge in [-0.15, -0.1) is 10.2 Å². The van der Waals surface area contributed by atoms with Crippen molar-refractivity contribution in [3.8, 4) is 17.1 Å². The van der Waals surface area contributed by atoms with Gasteiger partial charge in [-0.05, 0) is 36.4 Å². The van der Waals surface area contributed by atoms with Gasteiger partial charge in [-0.25, -0.2) is 9.07 Å². The van der Waals surface area contributed by atoms with E-state index < -0.39 is 0 Å². The monoisotopic (exact) mass is 364 g/mol. The Morgan fingerprint density at radius 2 is 1.96 bits per heavy atom. The van der Waals surface area contributed by atoms with Crippen molar-refractivity contribution in [1.29, 1.82) is 0 Å². The van der Waals surface area contributed by atoms with Crippen LogP contribution in [-0.2, 0) is 5.75 Å². The lowest BCUT2D eigenvalue weighted by atomic mass is 10.2. The van der Waals surface area contributed by atoms with Crippen LogP contribution in [0.4, 0.5) is 4.39 Å². The number of nitrogens with zero attached hydrogens (tertiary/aromatic N) is 3. The van der Waals surface area contributed by atoms with E-state index in [2.05, 4.69) is 10.2 Å². The van der Waals surface area contributed by atoms with E-state index in [0.717, 1.165) is 11.3 Å². The van der Waals surface area contributed by atoms with E-state index in [4.69, 9.17) is 22.2 Å². The van der Waals surface area contributed by atoms with Crippen LogP contribution in [0.15, 0.2) is 47.6 Å². The topological polar surface area (TPSA) is 66.0 Å². The van der Waals surface area contributed by atoms with E-state index in [1.165, 1.54) is 22.5 Å². The van der Waals surface area contributed by atoms with Gasteiger partial charge in [0.15, 0.2) is 5.82 Å². The minimum atomic E-state index is -0.353. The smallest absolute Gasteiger partial charge is 0.210 e. The number of hydrogen-bond donors (Lipinski definition) is 1. The summed E-state index contributed by atoms with van der Waals surface area (Å²) in [7, 11) is 1.60. The third kappa shape index (κ3) is 3.32. The van der Waals surface area contributed by atoms with Crippen LogP contribution in [0, 0.1) is 5.82 Å². The first-order chi connectivity index (χ1) is 11.6. The van der Waals surface area contributed by atoms with Gasteiger partial charge < -0.3 is 10.6 Å². The molecule has 0 aliphatic rings. The summed E-state index contributed by atoms with van der Waals surface area (Å²) in [6, 6.07) is 11.9. The minimum Gasteiger partial charge on any atom is -0.497 e. The number of benzene rings is 2. The maximum Gasteiger partial charge on any atom is 0.210 e. The van der Waals surface area contributed by atoms with Gasteiger partial charge in [0.1, 0.15) is 11.6 Å². The van der Waals surface area contributed by atoms with Crippen LogP contribution in [0.1, 0.15) is 5.56 Å². The Bertz CT molecular complexity index is 834. The second kappa shape index (κ2) is 7.11. The number of aromatic nitrogens is 3. The predicted molar refractivity (Wildman–Crippen MR) is 93.1 cm³/mol. The van der Waals surface area contributed by atoms with Gasteiger partial charge in [0, 0.05) is 21.9 Å². The number of hydrogen-bond acceptors (Lipinski definition) is 5. The molecule has 0 bridgehead atoms. The fourth-order valence-corrected chi connectivity index (χ4v) is 3.32. The molecule has 1 aromatic heterocycles. The average Bonchev–Trinajstić information content (AvgIpc) is 2.95. The molecule has 3 aromatic rings. The lowest BCUT2D eigenvalue weighted by molar-refractivity contribution is 0.415. The SMILES string of the molecule is COc1ccc(-c2nnc(SCc3c(F)cccc3Cl)n2N)cc1. The first-order valence-corrected chi connectivity index (χ1v) is 8.37. The molecule has 24 heavy (non-hydrogen) atoms. The second-order valence-electron chi connectivity index (χ2n) is 4.89. The van der Waals surface area contributed by atoms with Crippen molar-refractivity contribution in [3.63, 3.8) is 0 Å². The molecule has 8 heteroatoms. The molecule has 0 saturated heterocycles. The maximum absolute atomic E-state index is 13.8. The molecule has 3 rings (SSSR count). The fourth-order valence-electron chi connectivity index (χ4n) is 2.12. The highest BCUT2D eigenvalue weighted by atomic mass is 35.5. The highest BCUT2D eigenvalue weighted by molar-refractivity contribution is 7.98. The van der Waals surface area contributed by atoms with Gasteiger partial charge >= 0.3 is 0 Å². The van der Waals surface area contributed by atoms with E-state index >= 15 is 0 Å². The molecule has 0 saturated carbocycles. The summed E-state index contributed by atoms with van der Waals surface area (Å²) in [6.07, 6.45) is 0. The highest BCUT2D eigenvalue weighted by Gasteiger charge is 2.14. The Kier molecular flexibility index (Phi) is 4.92. The third-order valence-electron chi connectivity index (χ3n) is 3.42. The number of methoxy groups -OCH3 is 1. The zero-order valence-electron chi connectivity index (χ0n) is 12.7. The highest BCUT2D eigenvalue weighted by Crippen LogP contribution is 2.29. The molecule has 2 aromatic carbocycles. The molecule has 0 spiro atoms. The Morgan fingerprint density at radius 3 is 2.62 bits per heavy atom. The van der Waals surface area contributed by atoms with Gasteiger partial charge in [0.25, 0.3) is 0 Å². The molecular formula is C16H14ClFN4OS. The van der Waals surface area contributed by atoms with Gasteiger partial charge in [-0.1, -0.05) is 29.4 Å². The lowest BCUT2D eigenvalue weighted by Gasteiger charge is -2.06. The molecule has 0 unspecified atom stereocenters. The number of thioether (sulfide) groups is 1. The van der Waals surface area contributed by atoms with Crippen molar-refractivity contribution in [2.24, 2.45) is 0 Å². The number of rotatable bonds is 5. The van der Waals surface area contributed by atoms with Crippen molar-refractivity contribution >= 4 is 23.4 Å². The Labute approximate surface area is 147 Å². The van der Waals surface area contributed by atoms with Gasteiger partial charge in [0.05, 0.1) is 7.11 Å². The summed E-state index contributed by atoms with van der Waals surface area (Å²) in [4.78, 5) is 0. The Balaban J connectivity index is 1.80. The molecule has 0 atom stereocenters. The number of ether oxygens (including phenoxy) is 1. The maximum atomic E-state index is 13.8. The minimum absolute atomic E-state index is 0.309. The molecule has 124 valence electrons. The largest absolute Gasteiger partial charge is 0.497 e. The van der Waals surface area contributed by atoms with E-state index in [-0.39, 0.29) is 5.82 Å². The van der Waals surface area contributed by atoms with Crippen LogP contribution in [0.2, 0.25) is 5.02 Å². The fraction of sp³-hybridized carbons (Fsp3) is 0.125. The van der Waals surface area contributed by atoms with E-state index in [1.54, 1.807) is 19.2 Å². The molecular weight excluding hydrogens is 351 g/mol. The van der Waals surface area contributed by atoms with Gasteiger partial charge in [-0.3, -0.25) is 0 Å². The number of nitrogen functional groups attached to an aromatic ring is 1. The third-order valence-corrected chi connectivity index (χ3v) is 4.74. The Hall–Kier alpha value is -2.25. The van der Waals surface area contributed by atoms with Crippen molar-refractivity contribution in [3.05, 3.63) is 58.9 Å². The molecule has 0 fully saturated rings. The summed E-state index contributed by atoms with van der Waals surface area (Å²) >= 11 is 7.29. The number of nitrogens with two attached hydrogens (primary N) is 1. The summed E-state index contributed by atoms with van der Waals surface area (Å²) in [6.45, 7) is 0. The van der Waals surface area contributed by atoms with Crippen LogP contribution >= 0.6 is 23.4 Å². The average molecular weight is 365 g/mol. The summed E-state index contributed by atoms with van der Waals surface area (Å²) in [5.41, 5.74) is 1.22. The Morgan fingerprint density at radius 1 is 1.21 bits per heavy atom. The van der Waals surface area contributed by atoms with Crippen molar-refractivity contribution < 1.29 is 9.13 Å². The molecule has 0 amide bonds. The second-order valence-corrected chi connectivity index (χ2v) is 6.24. The van der Waals surface area contributed by atoms with Crippen LogP contribution in [0.5, 0.6) is 5.75 Å². The van der Waals surface area contributed by atoms with Crippen molar-refractivity contribution in [2.75, 3.05) is 13.0 Å². The molecule has 0 aliphatic heterocycles. The predicted octanol–water partition coefficient (Wildman–Crippen LogP) is 3.75.